The van der Waals surface area contributed by atoms with Crippen molar-refractivity contribution in [3.8, 4) is 0 Å². The van der Waals surface area contributed by atoms with E-state index >= 15 is 0 Å². The molecular formula is C23H27NO4. The number of ether oxygens (including phenoxy) is 2. The average Bonchev–Trinajstić information content (AvgIpc) is 2.73. The SMILES string of the molecule is COC(=O)C/C(=C\[C@H](C)N(Cc1ccccc1)Cc1ccccc1)C(=O)OC. The summed E-state index contributed by atoms with van der Waals surface area (Å²) in [6, 6.07) is 20.2. The monoisotopic (exact) mass is 381 g/mol. The van der Waals surface area contributed by atoms with Crippen LogP contribution in [-0.2, 0) is 32.2 Å². The van der Waals surface area contributed by atoms with E-state index in [0.29, 0.717) is 18.7 Å². The Kier molecular flexibility index (Phi) is 8.43. The number of nitrogens with zero attached hydrogens (tertiary/aromatic N) is 1. The maximum atomic E-state index is 12.1. The molecule has 0 N–H and O–H groups in total. The molecule has 0 aliphatic carbocycles. The van der Waals surface area contributed by atoms with E-state index in [2.05, 4.69) is 29.2 Å². The molecule has 5 heteroatoms. The lowest BCUT2D eigenvalue weighted by molar-refractivity contribution is -0.143. The van der Waals surface area contributed by atoms with Crippen molar-refractivity contribution >= 4 is 11.9 Å². The molecule has 0 saturated heterocycles. The molecule has 0 heterocycles. The molecule has 0 aliphatic rings. The Morgan fingerprint density at radius 2 is 1.39 bits per heavy atom. The molecular weight excluding hydrogens is 354 g/mol. The molecule has 0 aliphatic heterocycles. The normalized spacial score (nSPS) is 12.5. The number of benzene rings is 2. The van der Waals surface area contributed by atoms with Gasteiger partial charge in [0.1, 0.15) is 0 Å². The molecule has 148 valence electrons. The fraction of sp³-hybridized carbons (Fsp3) is 0.304. The zero-order chi connectivity index (χ0) is 20.4. The van der Waals surface area contributed by atoms with E-state index in [0.717, 1.165) is 0 Å². The Balaban J connectivity index is 2.27. The molecule has 28 heavy (non-hydrogen) atoms. The minimum Gasteiger partial charge on any atom is -0.469 e. The van der Waals surface area contributed by atoms with Gasteiger partial charge < -0.3 is 9.47 Å². The van der Waals surface area contributed by atoms with E-state index in [9.17, 15) is 9.59 Å². The first-order valence-electron chi connectivity index (χ1n) is 9.21. The first kappa shape index (κ1) is 21.4. The Morgan fingerprint density at radius 3 is 1.82 bits per heavy atom. The summed E-state index contributed by atoms with van der Waals surface area (Å²) in [4.78, 5) is 26.1. The molecule has 2 rings (SSSR count). The fourth-order valence-corrected chi connectivity index (χ4v) is 2.93. The van der Waals surface area contributed by atoms with Crippen LogP contribution < -0.4 is 0 Å². The third-order valence-corrected chi connectivity index (χ3v) is 4.49. The van der Waals surface area contributed by atoms with Crippen LogP contribution in [0.25, 0.3) is 0 Å². The smallest absolute Gasteiger partial charge is 0.334 e. The number of hydrogen-bond donors (Lipinski definition) is 0. The number of rotatable bonds is 9. The van der Waals surface area contributed by atoms with Gasteiger partial charge in [0, 0.05) is 24.7 Å². The molecule has 1 atom stereocenters. The van der Waals surface area contributed by atoms with Gasteiger partial charge in [-0.1, -0.05) is 66.7 Å². The Hall–Kier alpha value is -2.92. The van der Waals surface area contributed by atoms with Crippen LogP contribution in [-0.4, -0.2) is 37.1 Å². The lowest BCUT2D eigenvalue weighted by Crippen LogP contribution is -2.31. The van der Waals surface area contributed by atoms with Crippen molar-refractivity contribution < 1.29 is 19.1 Å². The Morgan fingerprint density at radius 1 is 0.893 bits per heavy atom. The minimum atomic E-state index is -0.517. The highest BCUT2D eigenvalue weighted by atomic mass is 16.5. The third kappa shape index (κ3) is 6.67. The number of carbonyl (C=O) groups excluding carboxylic acids is 2. The number of esters is 2. The first-order chi connectivity index (χ1) is 13.5. The Labute approximate surface area is 166 Å². The van der Waals surface area contributed by atoms with Crippen molar-refractivity contribution in [2.24, 2.45) is 0 Å². The molecule has 0 amide bonds. The summed E-state index contributed by atoms with van der Waals surface area (Å²) in [6.45, 7) is 3.42. The zero-order valence-corrected chi connectivity index (χ0v) is 16.6. The topological polar surface area (TPSA) is 55.8 Å². The summed E-state index contributed by atoms with van der Waals surface area (Å²) in [5, 5.41) is 0. The zero-order valence-electron chi connectivity index (χ0n) is 16.6. The largest absolute Gasteiger partial charge is 0.469 e. The van der Waals surface area contributed by atoms with E-state index in [1.54, 1.807) is 6.08 Å². The summed E-state index contributed by atoms with van der Waals surface area (Å²) in [7, 11) is 2.61. The number of carbonyl (C=O) groups is 2. The van der Waals surface area contributed by atoms with Crippen molar-refractivity contribution in [3.05, 3.63) is 83.4 Å². The summed E-state index contributed by atoms with van der Waals surface area (Å²) in [5.41, 5.74) is 2.64. The molecule has 2 aromatic carbocycles. The highest BCUT2D eigenvalue weighted by molar-refractivity contribution is 5.93. The molecule has 5 nitrogen and oxygen atoms in total. The molecule has 0 unspecified atom stereocenters. The van der Waals surface area contributed by atoms with Crippen molar-refractivity contribution in [2.45, 2.75) is 32.5 Å². The standard InChI is InChI=1S/C23H27NO4/c1-18(14-21(23(26)28-3)15-22(25)27-2)24(16-19-10-6-4-7-11-19)17-20-12-8-5-9-13-20/h4-14,18H,15-17H2,1-3H3/b21-14+/t18-/m0/s1. The highest BCUT2D eigenvalue weighted by Crippen LogP contribution is 2.17. The van der Waals surface area contributed by atoms with E-state index in [4.69, 9.17) is 9.47 Å². The molecule has 0 fully saturated rings. The molecule has 0 spiro atoms. The predicted octanol–water partition coefficient (Wildman–Crippen LogP) is 3.74. The van der Waals surface area contributed by atoms with Gasteiger partial charge in [0.05, 0.1) is 20.6 Å². The van der Waals surface area contributed by atoms with Gasteiger partial charge in [-0.05, 0) is 18.1 Å². The number of hydrogen-bond acceptors (Lipinski definition) is 5. The second kappa shape index (κ2) is 11.0. The predicted molar refractivity (Wildman–Crippen MR) is 108 cm³/mol. The molecule has 0 bridgehead atoms. The summed E-state index contributed by atoms with van der Waals surface area (Å²) in [6.07, 6.45) is 1.67. The van der Waals surface area contributed by atoms with Crippen molar-refractivity contribution in [3.63, 3.8) is 0 Å². The average molecular weight is 381 g/mol. The summed E-state index contributed by atoms with van der Waals surface area (Å²) in [5.74, 6) is -0.988. The Bertz CT molecular complexity index is 745. The van der Waals surface area contributed by atoms with E-state index in [1.165, 1.54) is 25.3 Å². The van der Waals surface area contributed by atoms with Crippen molar-refractivity contribution in [2.75, 3.05) is 14.2 Å². The van der Waals surface area contributed by atoms with Crippen LogP contribution in [0.15, 0.2) is 72.3 Å². The fourth-order valence-electron chi connectivity index (χ4n) is 2.93. The van der Waals surface area contributed by atoms with Gasteiger partial charge in [-0.2, -0.15) is 0 Å². The van der Waals surface area contributed by atoms with Crippen LogP contribution in [0.4, 0.5) is 0 Å². The van der Waals surface area contributed by atoms with Gasteiger partial charge >= 0.3 is 11.9 Å². The number of methoxy groups -OCH3 is 2. The van der Waals surface area contributed by atoms with Crippen LogP contribution >= 0.6 is 0 Å². The minimum absolute atomic E-state index is 0.0980. The molecule has 0 saturated carbocycles. The summed E-state index contributed by atoms with van der Waals surface area (Å²) >= 11 is 0. The van der Waals surface area contributed by atoms with Crippen LogP contribution in [0.1, 0.15) is 24.5 Å². The maximum Gasteiger partial charge on any atom is 0.334 e. The van der Waals surface area contributed by atoms with Crippen LogP contribution in [0.2, 0.25) is 0 Å². The van der Waals surface area contributed by atoms with E-state index in [1.807, 2.05) is 43.3 Å². The quantitative estimate of drug-likeness (QED) is 0.489. The van der Waals surface area contributed by atoms with Crippen molar-refractivity contribution in [1.29, 1.82) is 0 Å². The van der Waals surface area contributed by atoms with Gasteiger partial charge in [-0.15, -0.1) is 0 Å². The lowest BCUT2D eigenvalue weighted by Gasteiger charge is -2.28. The van der Waals surface area contributed by atoms with Gasteiger partial charge in [-0.3, -0.25) is 9.69 Å². The molecule has 0 radical (unpaired) electrons. The van der Waals surface area contributed by atoms with Gasteiger partial charge in [0.2, 0.25) is 0 Å². The van der Waals surface area contributed by atoms with E-state index in [-0.39, 0.29) is 12.5 Å². The van der Waals surface area contributed by atoms with E-state index < -0.39 is 11.9 Å². The van der Waals surface area contributed by atoms with Gasteiger partial charge in [0.15, 0.2) is 0 Å². The molecule has 0 aromatic heterocycles. The van der Waals surface area contributed by atoms with Gasteiger partial charge in [-0.25, -0.2) is 4.79 Å². The van der Waals surface area contributed by atoms with Crippen molar-refractivity contribution in [1.82, 2.24) is 4.90 Å². The van der Waals surface area contributed by atoms with Crippen LogP contribution in [0.5, 0.6) is 0 Å². The second-order valence-corrected chi connectivity index (χ2v) is 6.55. The second-order valence-electron chi connectivity index (χ2n) is 6.55. The molecule has 2 aromatic rings. The third-order valence-electron chi connectivity index (χ3n) is 4.49. The summed E-state index contributed by atoms with van der Waals surface area (Å²) < 4.78 is 9.55. The van der Waals surface area contributed by atoms with Gasteiger partial charge in [0.25, 0.3) is 0 Å². The maximum absolute atomic E-state index is 12.1. The highest BCUT2D eigenvalue weighted by Gasteiger charge is 2.19. The van der Waals surface area contributed by atoms with Crippen LogP contribution in [0, 0.1) is 0 Å². The first-order valence-corrected chi connectivity index (χ1v) is 9.21. The van der Waals surface area contributed by atoms with Crippen LogP contribution in [0.3, 0.4) is 0 Å². The lowest BCUT2D eigenvalue weighted by atomic mass is 10.1.